The van der Waals surface area contributed by atoms with Crippen molar-refractivity contribution in [1.29, 1.82) is 5.26 Å². The lowest BCUT2D eigenvalue weighted by Crippen LogP contribution is -3.00. The van der Waals surface area contributed by atoms with E-state index >= 15 is 0 Å². The maximum absolute atomic E-state index is 13.7. The smallest absolute Gasteiger partial charge is 0.213 e. The predicted octanol–water partition coefficient (Wildman–Crippen LogP) is 3.57. The van der Waals surface area contributed by atoms with E-state index in [4.69, 9.17) is 5.26 Å². The number of hydrogen-bond donors (Lipinski definition) is 0. The molecule has 0 saturated carbocycles. The summed E-state index contributed by atoms with van der Waals surface area (Å²) in [7, 11) is 8.09. The minimum Gasteiger partial charge on any atom is -1.00 e. The van der Waals surface area contributed by atoms with E-state index in [1.54, 1.807) is 0 Å². The van der Waals surface area contributed by atoms with E-state index < -0.39 is 0 Å². The molecule has 0 unspecified atom stereocenters. The molecule has 6 heteroatoms. The Labute approximate surface area is 242 Å². The highest BCUT2D eigenvalue weighted by molar-refractivity contribution is 5.75. The summed E-state index contributed by atoms with van der Waals surface area (Å²) in [5.41, 5.74) is 8.48. The molecule has 4 nitrogen and oxygen atoms in total. The first-order valence-electron chi connectivity index (χ1n) is 12.3. The summed E-state index contributed by atoms with van der Waals surface area (Å²) in [4.78, 5) is 4.16. The standard InChI is InChI=1S/C32H32FN4.HI/c1-35(2)29-15-6-24(7-16-29)8-17-31-22-27(23-32(37(31)4)26-9-13-28(33)14-10-26)25-11-18-30(19-12-25)36(3)21-5-20-34;/h6-19,22-23H,5,21H2,1-4H3;1H/q+1;/p-1. The number of hydrogen-bond acceptors (Lipinski definition) is 3. The van der Waals surface area contributed by atoms with Gasteiger partial charge in [0.1, 0.15) is 12.9 Å². The summed E-state index contributed by atoms with van der Waals surface area (Å²) in [5.74, 6) is -0.250. The monoisotopic (exact) mass is 618 g/mol. The number of pyridine rings is 1. The van der Waals surface area contributed by atoms with Crippen LogP contribution in [0, 0.1) is 17.1 Å². The van der Waals surface area contributed by atoms with E-state index in [-0.39, 0.29) is 29.8 Å². The highest BCUT2D eigenvalue weighted by Gasteiger charge is 2.17. The Morgan fingerprint density at radius 1 is 0.789 bits per heavy atom. The second-order valence-corrected chi connectivity index (χ2v) is 9.32. The lowest BCUT2D eigenvalue weighted by molar-refractivity contribution is -0.662. The molecule has 0 atom stereocenters. The van der Waals surface area contributed by atoms with Gasteiger partial charge in [0, 0.05) is 62.8 Å². The molecule has 0 saturated heterocycles. The first kappa shape index (κ1) is 28.9. The van der Waals surface area contributed by atoms with Crippen molar-refractivity contribution in [2.24, 2.45) is 7.05 Å². The molecule has 0 spiro atoms. The Hall–Kier alpha value is -3.70. The van der Waals surface area contributed by atoms with Gasteiger partial charge < -0.3 is 33.8 Å². The number of anilines is 2. The minimum absolute atomic E-state index is 0. The van der Waals surface area contributed by atoms with E-state index in [1.165, 1.54) is 12.1 Å². The zero-order valence-corrected chi connectivity index (χ0v) is 24.4. The van der Waals surface area contributed by atoms with Crippen molar-refractivity contribution in [3.8, 4) is 28.5 Å². The van der Waals surface area contributed by atoms with Crippen molar-refractivity contribution in [3.63, 3.8) is 0 Å². The third-order valence-electron chi connectivity index (χ3n) is 6.54. The molecule has 4 aromatic rings. The molecule has 0 aliphatic heterocycles. The first-order valence-corrected chi connectivity index (χ1v) is 12.3. The van der Waals surface area contributed by atoms with Gasteiger partial charge in [-0.25, -0.2) is 4.39 Å². The van der Waals surface area contributed by atoms with Gasteiger partial charge in [0.05, 0.1) is 12.5 Å². The summed E-state index contributed by atoms with van der Waals surface area (Å²) in [5, 5.41) is 8.88. The number of rotatable bonds is 8. The van der Waals surface area contributed by atoms with Crippen LogP contribution in [0.15, 0.2) is 84.9 Å². The number of nitriles is 1. The van der Waals surface area contributed by atoms with Crippen molar-refractivity contribution in [3.05, 3.63) is 102 Å². The van der Waals surface area contributed by atoms with Gasteiger partial charge in [-0.05, 0) is 71.3 Å². The third kappa shape index (κ3) is 6.99. The van der Waals surface area contributed by atoms with E-state index in [0.29, 0.717) is 13.0 Å². The highest BCUT2D eigenvalue weighted by atomic mass is 127. The van der Waals surface area contributed by atoms with Crippen molar-refractivity contribution in [2.75, 3.05) is 37.5 Å². The molecular formula is C32H32FIN4. The molecule has 4 rings (SSSR count). The average molecular weight is 619 g/mol. The van der Waals surface area contributed by atoms with Crippen LogP contribution in [-0.4, -0.2) is 27.7 Å². The Morgan fingerprint density at radius 3 is 2.00 bits per heavy atom. The Bertz CT molecular complexity index is 1420. The maximum atomic E-state index is 13.7. The van der Waals surface area contributed by atoms with Gasteiger partial charge in [-0.15, -0.1) is 0 Å². The fourth-order valence-electron chi connectivity index (χ4n) is 4.23. The second kappa shape index (κ2) is 13.2. The lowest BCUT2D eigenvalue weighted by Gasteiger charge is -2.18. The number of aromatic nitrogens is 1. The van der Waals surface area contributed by atoms with E-state index in [9.17, 15) is 4.39 Å². The lowest BCUT2D eigenvalue weighted by atomic mass is 10.0. The van der Waals surface area contributed by atoms with Crippen LogP contribution in [0.5, 0.6) is 0 Å². The maximum Gasteiger partial charge on any atom is 0.213 e. The molecule has 3 aromatic carbocycles. The van der Waals surface area contributed by atoms with Gasteiger partial charge in [-0.2, -0.15) is 9.83 Å². The predicted molar refractivity (Wildman–Crippen MR) is 152 cm³/mol. The molecule has 1 heterocycles. The van der Waals surface area contributed by atoms with Crippen LogP contribution >= 0.6 is 0 Å². The Morgan fingerprint density at radius 2 is 1.39 bits per heavy atom. The van der Waals surface area contributed by atoms with Gasteiger partial charge in [0.25, 0.3) is 0 Å². The molecule has 1 aromatic heterocycles. The van der Waals surface area contributed by atoms with Crippen molar-refractivity contribution < 1.29 is 32.9 Å². The summed E-state index contributed by atoms with van der Waals surface area (Å²) >= 11 is 0. The van der Waals surface area contributed by atoms with Gasteiger partial charge in [-0.3, -0.25) is 0 Å². The Kier molecular flexibility index (Phi) is 10.0. The number of benzene rings is 3. The van der Waals surface area contributed by atoms with Gasteiger partial charge in [0.2, 0.25) is 11.4 Å². The van der Waals surface area contributed by atoms with Crippen LogP contribution in [-0.2, 0) is 7.05 Å². The summed E-state index contributed by atoms with van der Waals surface area (Å²) in [6.07, 6.45) is 4.72. The van der Waals surface area contributed by atoms with Crippen LogP contribution < -0.4 is 38.3 Å². The van der Waals surface area contributed by atoms with Crippen LogP contribution in [0.25, 0.3) is 34.5 Å². The molecule has 0 N–H and O–H groups in total. The number of halogens is 2. The SMILES string of the molecule is CN(C)c1ccc(C=Cc2cc(-c3ccc(N(C)CCC#N)cc3)cc(-c3ccc(F)cc3)[n+]2C)cc1.[I-]. The van der Waals surface area contributed by atoms with E-state index in [2.05, 4.69) is 93.3 Å². The van der Waals surface area contributed by atoms with Crippen molar-refractivity contribution in [1.82, 2.24) is 0 Å². The normalized spacial score (nSPS) is 10.6. The summed E-state index contributed by atoms with van der Waals surface area (Å²) in [6, 6.07) is 29.9. The minimum atomic E-state index is -0.250. The fourth-order valence-corrected chi connectivity index (χ4v) is 4.23. The van der Waals surface area contributed by atoms with Crippen molar-refractivity contribution in [2.45, 2.75) is 6.42 Å². The molecule has 0 fully saturated rings. The number of nitrogens with zero attached hydrogens (tertiary/aromatic N) is 4. The van der Waals surface area contributed by atoms with Crippen LogP contribution in [0.4, 0.5) is 15.8 Å². The molecular weight excluding hydrogens is 586 g/mol. The molecule has 0 bridgehead atoms. The van der Waals surface area contributed by atoms with Gasteiger partial charge >= 0.3 is 0 Å². The zero-order valence-electron chi connectivity index (χ0n) is 22.2. The quantitative estimate of drug-likeness (QED) is 0.224. The zero-order chi connectivity index (χ0) is 26.4. The summed E-state index contributed by atoms with van der Waals surface area (Å²) in [6.45, 7) is 0.691. The van der Waals surface area contributed by atoms with Crippen LogP contribution in [0.2, 0.25) is 0 Å². The fraction of sp³-hybridized carbons (Fsp3) is 0.188. The second-order valence-electron chi connectivity index (χ2n) is 9.32. The molecule has 194 valence electrons. The Balaban J connectivity index is 0.00000400. The van der Waals surface area contributed by atoms with E-state index in [1.807, 2.05) is 40.3 Å². The molecule has 38 heavy (non-hydrogen) atoms. The molecule has 0 aliphatic carbocycles. The van der Waals surface area contributed by atoms with Crippen LogP contribution in [0.1, 0.15) is 17.7 Å². The largest absolute Gasteiger partial charge is 1.00 e. The summed E-state index contributed by atoms with van der Waals surface area (Å²) < 4.78 is 15.8. The van der Waals surface area contributed by atoms with Crippen molar-refractivity contribution >= 4 is 23.5 Å². The highest BCUT2D eigenvalue weighted by Crippen LogP contribution is 2.28. The van der Waals surface area contributed by atoms with Gasteiger partial charge in [-0.1, -0.05) is 24.3 Å². The molecule has 0 radical (unpaired) electrons. The van der Waals surface area contributed by atoms with E-state index in [0.717, 1.165) is 45.0 Å². The average Bonchev–Trinajstić information content (AvgIpc) is 2.92. The molecule has 0 amide bonds. The third-order valence-corrected chi connectivity index (χ3v) is 6.54. The van der Waals surface area contributed by atoms with Gasteiger partial charge in [0.15, 0.2) is 0 Å². The molecule has 0 aliphatic rings. The first-order chi connectivity index (χ1) is 17.9. The topological polar surface area (TPSA) is 34.1 Å². The van der Waals surface area contributed by atoms with Crippen LogP contribution in [0.3, 0.4) is 0 Å².